The SMILES string of the molecule is Cc1ccc(C(CI)OC(C)CC(C)C)cc1. The molecule has 0 saturated heterocycles. The molecule has 1 aromatic carbocycles. The fourth-order valence-corrected chi connectivity index (χ4v) is 2.70. The number of aryl methyl sites for hydroxylation is 1. The number of benzene rings is 1. The summed E-state index contributed by atoms with van der Waals surface area (Å²) < 4.78 is 7.13. The molecule has 1 aromatic rings. The van der Waals surface area contributed by atoms with E-state index in [1.54, 1.807) is 0 Å². The summed E-state index contributed by atoms with van der Waals surface area (Å²) in [5.74, 6) is 0.692. The smallest absolute Gasteiger partial charge is 0.0917 e. The Balaban J connectivity index is 2.62. The van der Waals surface area contributed by atoms with E-state index in [2.05, 4.69) is 74.6 Å². The summed E-state index contributed by atoms with van der Waals surface area (Å²) in [5, 5.41) is 0. The number of halogens is 1. The molecule has 0 saturated carbocycles. The van der Waals surface area contributed by atoms with Gasteiger partial charge in [0.1, 0.15) is 0 Å². The maximum Gasteiger partial charge on any atom is 0.0917 e. The van der Waals surface area contributed by atoms with Crippen LogP contribution in [0.5, 0.6) is 0 Å². The van der Waals surface area contributed by atoms with Crippen molar-refractivity contribution < 1.29 is 4.74 Å². The second kappa shape index (κ2) is 7.37. The van der Waals surface area contributed by atoms with Gasteiger partial charge < -0.3 is 4.74 Å². The third-order valence-electron chi connectivity index (χ3n) is 2.79. The van der Waals surface area contributed by atoms with Gasteiger partial charge in [-0.05, 0) is 31.7 Å². The van der Waals surface area contributed by atoms with E-state index in [1.165, 1.54) is 11.1 Å². The number of rotatable bonds is 6. The van der Waals surface area contributed by atoms with Crippen LogP contribution in [0.25, 0.3) is 0 Å². The largest absolute Gasteiger partial charge is 0.370 e. The molecule has 0 heterocycles. The number of hydrogen-bond acceptors (Lipinski definition) is 1. The average molecular weight is 346 g/mol. The number of ether oxygens (including phenoxy) is 1. The van der Waals surface area contributed by atoms with Crippen molar-refractivity contribution >= 4 is 22.6 Å². The lowest BCUT2D eigenvalue weighted by atomic mass is 10.1. The first kappa shape index (κ1) is 15.0. The molecule has 0 aliphatic heterocycles. The van der Waals surface area contributed by atoms with Crippen LogP contribution in [0, 0.1) is 12.8 Å². The standard InChI is InChI=1S/C15H23IO/c1-11(2)9-13(4)17-15(10-16)14-7-5-12(3)6-8-14/h5-8,11,13,15H,9-10H2,1-4H3. The van der Waals surface area contributed by atoms with E-state index in [0.29, 0.717) is 12.0 Å². The van der Waals surface area contributed by atoms with Crippen LogP contribution < -0.4 is 0 Å². The Bertz CT molecular complexity index is 318. The topological polar surface area (TPSA) is 9.23 Å². The molecule has 0 aromatic heterocycles. The molecule has 2 atom stereocenters. The van der Waals surface area contributed by atoms with Crippen molar-refractivity contribution in [1.29, 1.82) is 0 Å². The second-order valence-corrected chi connectivity index (χ2v) is 6.01. The van der Waals surface area contributed by atoms with Crippen LogP contribution in [-0.2, 0) is 4.74 Å². The van der Waals surface area contributed by atoms with Crippen molar-refractivity contribution in [3.05, 3.63) is 35.4 Å². The quantitative estimate of drug-likeness (QED) is 0.525. The number of hydrogen-bond donors (Lipinski definition) is 0. The fourth-order valence-electron chi connectivity index (χ4n) is 1.98. The molecule has 0 bridgehead atoms. The van der Waals surface area contributed by atoms with E-state index in [9.17, 15) is 0 Å². The van der Waals surface area contributed by atoms with Crippen LogP contribution in [0.15, 0.2) is 24.3 Å². The van der Waals surface area contributed by atoms with Gasteiger partial charge in [-0.2, -0.15) is 0 Å². The molecule has 17 heavy (non-hydrogen) atoms. The third kappa shape index (κ3) is 5.38. The van der Waals surface area contributed by atoms with Crippen molar-refractivity contribution in [2.24, 2.45) is 5.92 Å². The maximum absolute atomic E-state index is 6.13. The van der Waals surface area contributed by atoms with Gasteiger partial charge in [0.25, 0.3) is 0 Å². The van der Waals surface area contributed by atoms with E-state index >= 15 is 0 Å². The molecule has 2 heteroatoms. The van der Waals surface area contributed by atoms with Crippen LogP contribution in [0.2, 0.25) is 0 Å². The lowest BCUT2D eigenvalue weighted by Gasteiger charge is -2.22. The molecule has 0 fully saturated rings. The Morgan fingerprint density at radius 3 is 2.18 bits per heavy atom. The second-order valence-electron chi connectivity index (χ2n) is 5.13. The lowest BCUT2D eigenvalue weighted by molar-refractivity contribution is 0.000871. The van der Waals surface area contributed by atoms with Gasteiger partial charge in [0, 0.05) is 4.43 Å². The highest BCUT2D eigenvalue weighted by molar-refractivity contribution is 14.1. The Labute approximate surface area is 119 Å². The minimum absolute atomic E-state index is 0.227. The predicted octanol–water partition coefficient (Wildman–Crippen LogP) is 4.92. The van der Waals surface area contributed by atoms with Gasteiger partial charge >= 0.3 is 0 Å². The van der Waals surface area contributed by atoms with Crippen molar-refractivity contribution in [3.8, 4) is 0 Å². The molecule has 2 unspecified atom stereocenters. The van der Waals surface area contributed by atoms with E-state index < -0.39 is 0 Å². The maximum atomic E-state index is 6.13. The molecule has 0 radical (unpaired) electrons. The molecule has 0 aliphatic rings. The summed E-state index contributed by atoms with van der Waals surface area (Å²) in [6.07, 6.45) is 1.68. The molecule has 0 N–H and O–H groups in total. The van der Waals surface area contributed by atoms with Crippen LogP contribution in [-0.4, -0.2) is 10.5 Å². The minimum Gasteiger partial charge on any atom is -0.370 e. The van der Waals surface area contributed by atoms with Gasteiger partial charge in [0.15, 0.2) is 0 Å². The van der Waals surface area contributed by atoms with Crippen LogP contribution in [0.1, 0.15) is 44.4 Å². The van der Waals surface area contributed by atoms with Crippen LogP contribution in [0.3, 0.4) is 0 Å². The molecule has 96 valence electrons. The highest BCUT2D eigenvalue weighted by Gasteiger charge is 2.15. The van der Waals surface area contributed by atoms with Gasteiger partial charge in [0.05, 0.1) is 12.2 Å². The van der Waals surface area contributed by atoms with Gasteiger partial charge in [0.2, 0.25) is 0 Å². The molecule has 0 aliphatic carbocycles. The van der Waals surface area contributed by atoms with E-state index in [-0.39, 0.29) is 6.10 Å². The Kier molecular flexibility index (Phi) is 6.49. The van der Waals surface area contributed by atoms with Crippen molar-refractivity contribution in [2.75, 3.05) is 4.43 Å². The summed E-state index contributed by atoms with van der Waals surface area (Å²) >= 11 is 2.40. The molecule has 1 nitrogen and oxygen atoms in total. The lowest BCUT2D eigenvalue weighted by Crippen LogP contribution is -2.16. The highest BCUT2D eigenvalue weighted by atomic mass is 127. The molecule has 1 rings (SSSR count). The van der Waals surface area contributed by atoms with Crippen molar-refractivity contribution in [2.45, 2.75) is 46.3 Å². The summed E-state index contributed by atoms with van der Waals surface area (Å²) in [7, 11) is 0. The zero-order chi connectivity index (χ0) is 12.8. The van der Waals surface area contributed by atoms with Crippen molar-refractivity contribution in [1.82, 2.24) is 0 Å². The Morgan fingerprint density at radius 1 is 1.12 bits per heavy atom. The van der Waals surface area contributed by atoms with Gasteiger partial charge in [-0.25, -0.2) is 0 Å². The van der Waals surface area contributed by atoms with Gasteiger partial charge in [-0.3, -0.25) is 0 Å². The van der Waals surface area contributed by atoms with Crippen LogP contribution >= 0.6 is 22.6 Å². The summed E-state index contributed by atoms with van der Waals surface area (Å²) in [6, 6.07) is 8.68. The van der Waals surface area contributed by atoms with Crippen LogP contribution in [0.4, 0.5) is 0 Å². The Morgan fingerprint density at radius 2 is 1.71 bits per heavy atom. The first-order valence-corrected chi connectivity index (χ1v) is 7.83. The first-order valence-electron chi connectivity index (χ1n) is 6.31. The van der Waals surface area contributed by atoms with Crippen molar-refractivity contribution in [3.63, 3.8) is 0 Å². The molecule has 0 spiro atoms. The molecular weight excluding hydrogens is 323 g/mol. The third-order valence-corrected chi connectivity index (χ3v) is 3.59. The Hall–Kier alpha value is -0.0900. The monoisotopic (exact) mass is 346 g/mol. The predicted molar refractivity (Wildman–Crippen MR) is 82.8 cm³/mol. The summed E-state index contributed by atoms with van der Waals surface area (Å²) in [4.78, 5) is 0. The van der Waals surface area contributed by atoms with Gasteiger partial charge in [-0.15, -0.1) is 0 Å². The highest BCUT2D eigenvalue weighted by Crippen LogP contribution is 2.24. The zero-order valence-corrected chi connectivity index (χ0v) is 13.4. The zero-order valence-electron chi connectivity index (χ0n) is 11.2. The average Bonchev–Trinajstić information content (AvgIpc) is 2.26. The summed E-state index contributed by atoms with van der Waals surface area (Å²) in [6.45, 7) is 8.77. The molecule has 0 amide bonds. The first-order chi connectivity index (χ1) is 8.02. The summed E-state index contributed by atoms with van der Waals surface area (Å²) in [5.41, 5.74) is 2.59. The normalized spacial score (nSPS) is 14.9. The molecular formula is C15H23IO. The fraction of sp³-hybridized carbons (Fsp3) is 0.600. The minimum atomic E-state index is 0.227. The van der Waals surface area contributed by atoms with E-state index in [0.717, 1.165) is 10.8 Å². The van der Waals surface area contributed by atoms with E-state index in [1.807, 2.05) is 0 Å². The van der Waals surface area contributed by atoms with E-state index in [4.69, 9.17) is 4.74 Å². The number of alkyl halides is 1. The van der Waals surface area contributed by atoms with Gasteiger partial charge in [-0.1, -0.05) is 66.3 Å².